The molecule has 0 heterocycles. The van der Waals surface area contributed by atoms with E-state index in [0.29, 0.717) is 6.04 Å². The quantitative estimate of drug-likeness (QED) is 0.650. The third-order valence-electron chi connectivity index (χ3n) is 3.55. The monoisotopic (exact) mass is 253 g/mol. The summed E-state index contributed by atoms with van der Waals surface area (Å²) < 4.78 is 0. The molecule has 0 saturated carbocycles. The van der Waals surface area contributed by atoms with Crippen LogP contribution in [0, 0.1) is 16.7 Å². The number of nitrogens with zero attached hydrogens (tertiary/aromatic N) is 2. The highest BCUT2D eigenvalue weighted by Crippen LogP contribution is 2.17. The predicted octanol–water partition coefficient (Wildman–Crippen LogP) is 3.03. The van der Waals surface area contributed by atoms with Crippen molar-refractivity contribution in [2.24, 2.45) is 5.41 Å². The molecular weight excluding hydrogens is 222 g/mol. The molecule has 0 aliphatic heterocycles. The molecule has 0 amide bonds. The van der Waals surface area contributed by atoms with Crippen LogP contribution in [0.15, 0.2) is 0 Å². The lowest BCUT2D eigenvalue weighted by Crippen LogP contribution is -2.31. The molecule has 1 N–H and O–H groups in total. The molecule has 1 unspecified atom stereocenters. The molecule has 0 aliphatic carbocycles. The van der Waals surface area contributed by atoms with Gasteiger partial charge in [0, 0.05) is 6.04 Å². The zero-order chi connectivity index (χ0) is 14.0. The molecule has 18 heavy (non-hydrogen) atoms. The largest absolute Gasteiger partial charge is 0.314 e. The van der Waals surface area contributed by atoms with Crippen molar-refractivity contribution in [1.29, 1.82) is 5.26 Å². The van der Waals surface area contributed by atoms with Crippen LogP contribution < -0.4 is 5.32 Å². The van der Waals surface area contributed by atoms with Crippen LogP contribution >= 0.6 is 0 Å². The van der Waals surface area contributed by atoms with Crippen LogP contribution in [0.25, 0.3) is 0 Å². The molecule has 0 aromatic rings. The maximum absolute atomic E-state index is 8.93. The van der Waals surface area contributed by atoms with E-state index in [4.69, 9.17) is 5.26 Å². The molecule has 0 fully saturated rings. The van der Waals surface area contributed by atoms with Gasteiger partial charge in [-0.15, -0.1) is 0 Å². The molecule has 3 nitrogen and oxygen atoms in total. The third-order valence-corrected chi connectivity index (χ3v) is 3.55. The van der Waals surface area contributed by atoms with Gasteiger partial charge in [0.2, 0.25) is 0 Å². The van der Waals surface area contributed by atoms with Gasteiger partial charge in [-0.1, -0.05) is 13.8 Å². The average molecular weight is 253 g/mol. The van der Waals surface area contributed by atoms with Gasteiger partial charge < -0.3 is 10.2 Å². The lowest BCUT2D eigenvalue weighted by atomic mass is 9.91. The summed E-state index contributed by atoms with van der Waals surface area (Å²) in [6, 6.07) is 2.89. The number of nitrogens with one attached hydrogen (secondary N) is 1. The second-order valence-corrected chi connectivity index (χ2v) is 5.77. The summed E-state index contributed by atoms with van der Waals surface area (Å²) in [7, 11) is 0. The van der Waals surface area contributed by atoms with Crippen molar-refractivity contribution in [2.75, 3.05) is 26.2 Å². The summed E-state index contributed by atoms with van der Waals surface area (Å²) in [6.07, 6.45) is 3.38. The number of rotatable bonds is 10. The van der Waals surface area contributed by atoms with Crippen molar-refractivity contribution in [3.8, 4) is 6.07 Å². The van der Waals surface area contributed by atoms with Crippen molar-refractivity contribution in [2.45, 2.75) is 59.9 Å². The maximum atomic E-state index is 8.93. The summed E-state index contributed by atoms with van der Waals surface area (Å²) >= 11 is 0. The Bertz CT molecular complexity index is 239. The molecule has 0 saturated heterocycles. The minimum absolute atomic E-state index is 0.200. The molecule has 0 aromatic carbocycles. The normalized spacial score (nSPS) is 13.6. The Kier molecular flexibility index (Phi) is 9.05. The first-order chi connectivity index (χ1) is 8.45. The Hall–Kier alpha value is -0.590. The van der Waals surface area contributed by atoms with Crippen LogP contribution in [0.3, 0.4) is 0 Å². The number of hydrogen-bond acceptors (Lipinski definition) is 3. The van der Waals surface area contributed by atoms with Gasteiger partial charge in [-0.25, -0.2) is 0 Å². The van der Waals surface area contributed by atoms with Gasteiger partial charge in [0.25, 0.3) is 0 Å². The van der Waals surface area contributed by atoms with Gasteiger partial charge in [-0.2, -0.15) is 5.26 Å². The smallest absolute Gasteiger partial charge is 0.0684 e. The van der Waals surface area contributed by atoms with Crippen LogP contribution in [-0.4, -0.2) is 37.1 Å². The van der Waals surface area contributed by atoms with Gasteiger partial charge in [0.1, 0.15) is 0 Å². The van der Waals surface area contributed by atoms with E-state index in [9.17, 15) is 0 Å². The van der Waals surface area contributed by atoms with Gasteiger partial charge >= 0.3 is 0 Å². The van der Waals surface area contributed by atoms with E-state index in [0.717, 1.165) is 26.1 Å². The molecule has 0 aliphatic rings. The van der Waals surface area contributed by atoms with Gasteiger partial charge in [-0.05, 0) is 66.2 Å². The van der Waals surface area contributed by atoms with Crippen LogP contribution in [0.5, 0.6) is 0 Å². The second-order valence-electron chi connectivity index (χ2n) is 5.77. The van der Waals surface area contributed by atoms with E-state index < -0.39 is 0 Å². The van der Waals surface area contributed by atoms with E-state index in [1.807, 2.05) is 13.8 Å². The zero-order valence-corrected chi connectivity index (χ0v) is 12.9. The summed E-state index contributed by atoms with van der Waals surface area (Å²) in [5, 5.41) is 12.4. The predicted molar refractivity (Wildman–Crippen MR) is 78.5 cm³/mol. The minimum Gasteiger partial charge on any atom is -0.314 e. The molecule has 0 aromatic heterocycles. The van der Waals surface area contributed by atoms with E-state index in [-0.39, 0.29) is 5.41 Å². The van der Waals surface area contributed by atoms with Crippen molar-refractivity contribution >= 4 is 0 Å². The number of hydrogen-bond donors (Lipinski definition) is 1. The topological polar surface area (TPSA) is 39.1 Å². The molecule has 1 atom stereocenters. The van der Waals surface area contributed by atoms with Crippen molar-refractivity contribution in [1.82, 2.24) is 10.2 Å². The Balaban J connectivity index is 3.61. The standard InChI is InChI=1S/C15H31N3/c1-6-18(7-2)12-8-9-14(3)17-11-10-15(4,5)13-16/h14,17H,6-12H2,1-5H3. The molecule has 106 valence electrons. The Morgan fingerprint density at radius 2 is 1.89 bits per heavy atom. The van der Waals surface area contributed by atoms with Crippen molar-refractivity contribution in [3.05, 3.63) is 0 Å². The number of nitriles is 1. The fraction of sp³-hybridized carbons (Fsp3) is 0.933. The van der Waals surface area contributed by atoms with E-state index in [2.05, 4.69) is 37.1 Å². The maximum Gasteiger partial charge on any atom is 0.0684 e. The Morgan fingerprint density at radius 3 is 2.39 bits per heavy atom. The van der Waals surface area contributed by atoms with E-state index >= 15 is 0 Å². The molecule has 0 rings (SSSR count). The lowest BCUT2D eigenvalue weighted by Gasteiger charge is -2.21. The van der Waals surface area contributed by atoms with Gasteiger partial charge in [-0.3, -0.25) is 0 Å². The zero-order valence-electron chi connectivity index (χ0n) is 12.9. The fourth-order valence-electron chi connectivity index (χ4n) is 1.95. The molecular formula is C15H31N3. The van der Waals surface area contributed by atoms with Crippen LogP contribution in [0.2, 0.25) is 0 Å². The SMILES string of the molecule is CCN(CC)CCCC(C)NCCC(C)(C)C#N. The minimum atomic E-state index is -0.200. The van der Waals surface area contributed by atoms with Gasteiger partial charge in [0.05, 0.1) is 11.5 Å². The van der Waals surface area contributed by atoms with Crippen molar-refractivity contribution in [3.63, 3.8) is 0 Å². The average Bonchev–Trinajstić information content (AvgIpc) is 2.34. The van der Waals surface area contributed by atoms with Crippen LogP contribution in [-0.2, 0) is 0 Å². The van der Waals surface area contributed by atoms with E-state index in [1.165, 1.54) is 19.4 Å². The first-order valence-electron chi connectivity index (χ1n) is 7.32. The first kappa shape index (κ1) is 17.4. The van der Waals surface area contributed by atoms with Crippen LogP contribution in [0.1, 0.15) is 53.9 Å². The first-order valence-corrected chi connectivity index (χ1v) is 7.32. The highest BCUT2D eigenvalue weighted by molar-refractivity contribution is 4.91. The van der Waals surface area contributed by atoms with Crippen molar-refractivity contribution < 1.29 is 0 Å². The Morgan fingerprint density at radius 1 is 1.28 bits per heavy atom. The summed E-state index contributed by atoms with van der Waals surface area (Å²) in [5.41, 5.74) is -0.200. The Labute approximate surface area is 114 Å². The highest BCUT2D eigenvalue weighted by Gasteiger charge is 2.16. The van der Waals surface area contributed by atoms with Crippen LogP contribution in [0.4, 0.5) is 0 Å². The summed E-state index contributed by atoms with van der Waals surface area (Å²) in [6.45, 7) is 15.1. The second kappa shape index (κ2) is 9.35. The third kappa shape index (κ3) is 8.49. The van der Waals surface area contributed by atoms with E-state index in [1.54, 1.807) is 0 Å². The fourth-order valence-corrected chi connectivity index (χ4v) is 1.95. The highest BCUT2D eigenvalue weighted by atomic mass is 15.1. The lowest BCUT2D eigenvalue weighted by molar-refractivity contribution is 0.289. The summed E-state index contributed by atoms with van der Waals surface area (Å²) in [5.74, 6) is 0. The molecule has 0 bridgehead atoms. The van der Waals surface area contributed by atoms with Gasteiger partial charge in [0.15, 0.2) is 0 Å². The molecule has 0 spiro atoms. The molecule has 3 heteroatoms. The summed E-state index contributed by atoms with van der Waals surface area (Å²) in [4.78, 5) is 2.46. The molecule has 0 radical (unpaired) electrons.